The van der Waals surface area contributed by atoms with Gasteiger partial charge in [-0.1, -0.05) is 18.2 Å². The van der Waals surface area contributed by atoms with Gasteiger partial charge in [0.05, 0.1) is 40.4 Å². The molecule has 3 aromatic rings. The van der Waals surface area contributed by atoms with Gasteiger partial charge in [0.2, 0.25) is 0 Å². The number of carbonyl (C=O) groups excluding carboxylic acids is 1. The molecule has 3 heterocycles. The van der Waals surface area contributed by atoms with Crippen LogP contribution in [0.1, 0.15) is 29.8 Å². The molecule has 7 nitrogen and oxygen atoms in total. The van der Waals surface area contributed by atoms with E-state index in [0.29, 0.717) is 23.5 Å². The number of ether oxygens (including phenoxy) is 1. The van der Waals surface area contributed by atoms with Gasteiger partial charge in [-0.25, -0.2) is 19.2 Å². The van der Waals surface area contributed by atoms with Gasteiger partial charge < -0.3 is 9.30 Å². The zero-order chi connectivity index (χ0) is 30.2. The molecule has 42 heavy (non-hydrogen) atoms. The Bertz CT molecular complexity index is 1720. The third kappa shape index (κ3) is 5.64. The minimum atomic E-state index is -5.11. The summed E-state index contributed by atoms with van der Waals surface area (Å²) in [4.78, 5) is 21.6. The average molecular weight is 589 g/mol. The van der Waals surface area contributed by atoms with E-state index < -0.39 is 46.9 Å². The van der Waals surface area contributed by atoms with Crippen molar-refractivity contribution in [2.75, 3.05) is 6.61 Å². The van der Waals surface area contributed by atoms with E-state index in [1.807, 2.05) is 0 Å². The number of hydrogen-bond acceptors (Lipinski definition) is 6. The highest BCUT2D eigenvalue weighted by Crippen LogP contribution is 2.40. The Morgan fingerprint density at radius 1 is 0.857 bits per heavy atom. The molecule has 2 aromatic carbocycles. The highest BCUT2D eigenvalue weighted by atomic mass is 19.4. The van der Waals surface area contributed by atoms with E-state index >= 15 is 0 Å². The lowest BCUT2D eigenvalue weighted by molar-refractivity contribution is -0.146. The fourth-order valence-corrected chi connectivity index (χ4v) is 4.28. The van der Waals surface area contributed by atoms with E-state index in [1.165, 1.54) is 47.3 Å². The number of hydrogen-bond donors (Lipinski definition) is 0. The number of fused-ring (bicyclic) bond motifs is 1. The first-order valence-electron chi connectivity index (χ1n) is 12.3. The van der Waals surface area contributed by atoms with Crippen LogP contribution in [-0.2, 0) is 21.9 Å². The van der Waals surface area contributed by atoms with E-state index in [0.717, 1.165) is 6.07 Å². The molecule has 14 heteroatoms. The minimum absolute atomic E-state index is 0.00222. The number of aromatic nitrogens is 5. The Hall–Kier alpha value is -4.88. The van der Waals surface area contributed by atoms with E-state index in [-0.39, 0.29) is 35.4 Å². The average Bonchev–Trinajstić information content (AvgIpc) is 3.36. The second kappa shape index (κ2) is 10.8. The van der Waals surface area contributed by atoms with Gasteiger partial charge in [0.1, 0.15) is 11.5 Å². The van der Waals surface area contributed by atoms with Crippen molar-refractivity contribution in [3.05, 3.63) is 95.7 Å². The first kappa shape index (κ1) is 28.6. The second-order valence-electron chi connectivity index (χ2n) is 8.94. The van der Waals surface area contributed by atoms with Crippen molar-refractivity contribution in [2.45, 2.75) is 25.3 Å². The summed E-state index contributed by atoms with van der Waals surface area (Å²) < 4.78 is 101. The second-order valence-corrected chi connectivity index (χ2v) is 8.94. The third-order valence-corrected chi connectivity index (χ3v) is 6.21. The molecule has 0 aliphatic carbocycles. The molecule has 0 saturated heterocycles. The number of imidazole rings is 1. The molecule has 0 fully saturated rings. The zero-order valence-electron chi connectivity index (χ0n) is 21.4. The molecule has 0 amide bonds. The van der Waals surface area contributed by atoms with Crippen LogP contribution in [0, 0.1) is 5.82 Å². The van der Waals surface area contributed by atoms with E-state index in [2.05, 4.69) is 20.2 Å². The summed E-state index contributed by atoms with van der Waals surface area (Å²) in [6, 6.07) is 9.71. The summed E-state index contributed by atoms with van der Waals surface area (Å²) in [6.07, 6.45) is -7.18. The molecule has 0 N–H and O–H groups in total. The highest BCUT2D eigenvalue weighted by Gasteiger charge is 2.39. The van der Waals surface area contributed by atoms with E-state index in [4.69, 9.17) is 4.74 Å². The third-order valence-electron chi connectivity index (χ3n) is 6.21. The molecule has 2 aliphatic rings. The first-order chi connectivity index (χ1) is 19.9. The number of alkyl halides is 6. The van der Waals surface area contributed by atoms with Crippen LogP contribution < -0.4 is 0 Å². The highest BCUT2D eigenvalue weighted by molar-refractivity contribution is 5.78. The van der Waals surface area contributed by atoms with Gasteiger partial charge in [-0.3, -0.25) is 0 Å². The lowest BCUT2D eigenvalue weighted by atomic mass is 10.00. The summed E-state index contributed by atoms with van der Waals surface area (Å²) in [7, 11) is 0. The number of pyridine rings is 1. The zero-order valence-corrected chi connectivity index (χ0v) is 21.4. The van der Waals surface area contributed by atoms with Gasteiger partial charge in [0.25, 0.3) is 0 Å². The maximum atomic E-state index is 14.3. The normalized spacial score (nSPS) is 12.9. The maximum Gasteiger partial charge on any atom is 0.417 e. The predicted molar refractivity (Wildman–Crippen MR) is 134 cm³/mol. The van der Waals surface area contributed by atoms with E-state index in [1.54, 1.807) is 13.0 Å². The summed E-state index contributed by atoms with van der Waals surface area (Å²) in [5.41, 5.74) is -3.15. The minimum Gasteiger partial charge on any atom is -0.464 e. The van der Waals surface area contributed by atoms with Crippen LogP contribution in [0.15, 0.2) is 73.1 Å². The molecule has 2 aliphatic heterocycles. The van der Waals surface area contributed by atoms with Gasteiger partial charge in [0.15, 0.2) is 11.9 Å². The molecule has 216 valence electrons. The first-order valence-corrected chi connectivity index (χ1v) is 12.3. The number of esters is 1. The number of nitrogens with zero attached hydrogens (tertiary/aromatic N) is 5. The lowest BCUT2D eigenvalue weighted by Crippen LogP contribution is -2.24. The van der Waals surface area contributed by atoms with Crippen LogP contribution in [-0.4, -0.2) is 37.3 Å². The monoisotopic (exact) mass is 589 g/mol. The van der Waals surface area contributed by atoms with Crippen molar-refractivity contribution in [1.29, 1.82) is 0 Å². The molecular formula is C28H18F7N5O2. The predicted octanol–water partition coefficient (Wildman–Crippen LogP) is 6.84. The lowest BCUT2D eigenvalue weighted by Gasteiger charge is -2.19. The van der Waals surface area contributed by atoms with Crippen LogP contribution in [0.25, 0.3) is 34.0 Å². The molecule has 0 bridgehead atoms. The van der Waals surface area contributed by atoms with E-state index in [9.17, 15) is 35.5 Å². The van der Waals surface area contributed by atoms with Gasteiger partial charge >= 0.3 is 18.3 Å². The number of carbonyl (C=O) groups is 1. The Kier molecular flexibility index (Phi) is 7.39. The number of halogens is 7. The van der Waals surface area contributed by atoms with Crippen molar-refractivity contribution in [1.82, 2.24) is 24.7 Å². The molecule has 0 spiro atoms. The Morgan fingerprint density at radius 2 is 1.60 bits per heavy atom. The van der Waals surface area contributed by atoms with Crippen molar-refractivity contribution < 1.29 is 40.3 Å². The van der Waals surface area contributed by atoms with Crippen LogP contribution in [0.3, 0.4) is 0 Å². The smallest absolute Gasteiger partial charge is 0.417 e. The number of rotatable bonds is 6. The molecule has 5 rings (SSSR count). The van der Waals surface area contributed by atoms with Crippen LogP contribution in [0.2, 0.25) is 0 Å². The van der Waals surface area contributed by atoms with Gasteiger partial charge in [-0.05, 0) is 49.4 Å². The van der Waals surface area contributed by atoms with Crippen LogP contribution in [0.4, 0.5) is 30.7 Å². The largest absolute Gasteiger partial charge is 0.464 e. The van der Waals surface area contributed by atoms with Gasteiger partial charge in [-0.15, -0.1) is 0 Å². The quantitative estimate of drug-likeness (QED) is 0.159. The summed E-state index contributed by atoms with van der Waals surface area (Å²) >= 11 is 0. The Labute approximate surface area is 233 Å². The van der Waals surface area contributed by atoms with Gasteiger partial charge in [0, 0.05) is 18.0 Å². The molecule has 0 saturated carbocycles. The Balaban J connectivity index is 1.54. The van der Waals surface area contributed by atoms with Crippen molar-refractivity contribution >= 4 is 5.97 Å². The summed E-state index contributed by atoms with van der Waals surface area (Å²) in [5, 5.41) is 7.72. The molecule has 1 unspecified atom stereocenters. The molecule has 1 atom stereocenters. The van der Waals surface area contributed by atoms with Crippen LogP contribution >= 0.6 is 0 Å². The summed E-state index contributed by atoms with van der Waals surface area (Å²) in [6.45, 7) is 1.57. The van der Waals surface area contributed by atoms with Gasteiger partial charge in [-0.2, -0.15) is 36.5 Å². The van der Waals surface area contributed by atoms with Crippen molar-refractivity contribution in [3.63, 3.8) is 0 Å². The topological polar surface area (TPSA) is 82.8 Å². The number of benzene rings is 2. The molecule has 0 radical (unpaired) electrons. The summed E-state index contributed by atoms with van der Waals surface area (Å²) in [5.74, 6) is -1.18. The maximum absolute atomic E-state index is 14.3. The van der Waals surface area contributed by atoms with Crippen molar-refractivity contribution in [3.8, 4) is 34.0 Å². The Morgan fingerprint density at radius 3 is 2.24 bits per heavy atom. The van der Waals surface area contributed by atoms with Crippen molar-refractivity contribution in [2.24, 2.45) is 0 Å². The molecule has 1 aromatic heterocycles. The standard InChI is InChI=1S/C28H18F7N5O2/c1-2-42-26(41)24(40-12-11-21-23(14-40)37-25(36-21)17-5-3-4-6-19(17)29)22-10-9-20(38-39-22)16-8-7-15(27(30,31)32)13-18(16)28(33,34)35/h3-14,24H,2H2,1H3. The fraction of sp³-hybridized carbons (Fsp3) is 0.179. The molecular weight excluding hydrogens is 571 g/mol. The van der Waals surface area contributed by atoms with Crippen LogP contribution in [0.5, 0.6) is 0 Å². The SMILES string of the molecule is CCOC(=O)C(c1ccc(-c2ccc(C(F)(F)F)cc2C(F)(F)F)nn1)n1ccc2nc(-c3ccccc3F)nc-2c1. The fourth-order valence-electron chi connectivity index (χ4n) is 4.28.